The van der Waals surface area contributed by atoms with Gasteiger partial charge in [0.1, 0.15) is 0 Å². The molecule has 0 amide bonds. The van der Waals surface area contributed by atoms with E-state index in [0.29, 0.717) is 5.75 Å². The van der Waals surface area contributed by atoms with Gasteiger partial charge in [-0.05, 0) is 6.42 Å². The molecule has 1 N–H and O–H groups in total. The summed E-state index contributed by atoms with van der Waals surface area (Å²) in [4.78, 5) is 0. The Bertz CT molecular complexity index is 118. The molecule has 1 saturated heterocycles. The minimum Gasteiger partial charge on any atom is -0.396 e. The molecule has 0 aromatic heterocycles. The van der Waals surface area contributed by atoms with Crippen LogP contribution in [0, 0.1) is 5.92 Å². The minimum atomic E-state index is -2.53. The number of thioether (sulfide) groups is 1. The van der Waals surface area contributed by atoms with E-state index in [-0.39, 0.29) is 18.8 Å². The SMILES string of the molecule is OCCC1CSCC1(F)F. The number of hydrogen-bond donors (Lipinski definition) is 1. The van der Waals surface area contributed by atoms with Crippen LogP contribution in [0.15, 0.2) is 0 Å². The molecule has 10 heavy (non-hydrogen) atoms. The van der Waals surface area contributed by atoms with Gasteiger partial charge >= 0.3 is 0 Å². The summed E-state index contributed by atoms with van der Waals surface area (Å²) in [5, 5.41) is 8.42. The predicted molar refractivity (Wildman–Crippen MR) is 37.5 cm³/mol. The molecule has 0 saturated carbocycles. The second kappa shape index (κ2) is 3.05. The van der Waals surface area contributed by atoms with Crippen LogP contribution in [0.3, 0.4) is 0 Å². The third kappa shape index (κ3) is 1.61. The Balaban J connectivity index is 2.43. The van der Waals surface area contributed by atoms with E-state index in [0.717, 1.165) is 0 Å². The monoisotopic (exact) mass is 168 g/mol. The smallest absolute Gasteiger partial charge is 0.260 e. The van der Waals surface area contributed by atoms with Crippen LogP contribution in [0.5, 0.6) is 0 Å². The maximum Gasteiger partial charge on any atom is 0.260 e. The second-order valence-electron chi connectivity index (χ2n) is 2.49. The summed E-state index contributed by atoms with van der Waals surface area (Å²) >= 11 is 1.27. The number of hydrogen-bond acceptors (Lipinski definition) is 2. The topological polar surface area (TPSA) is 20.2 Å². The normalized spacial score (nSPS) is 30.9. The van der Waals surface area contributed by atoms with Gasteiger partial charge in [0.05, 0.1) is 5.75 Å². The Kier molecular flexibility index (Phi) is 2.52. The molecule has 1 unspecified atom stereocenters. The van der Waals surface area contributed by atoms with Crippen LogP contribution in [0.1, 0.15) is 6.42 Å². The van der Waals surface area contributed by atoms with Crippen LogP contribution in [-0.2, 0) is 0 Å². The third-order valence-electron chi connectivity index (χ3n) is 1.69. The van der Waals surface area contributed by atoms with Crippen molar-refractivity contribution in [2.45, 2.75) is 12.3 Å². The van der Waals surface area contributed by atoms with Crippen LogP contribution in [0.25, 0.3) is 0 Å². The van der Waals surface area contributed by atoms with E-state index in [1.165, 1.54) is 11.8 Å². The number of alkyl halides is 2. The summed E-state index contributed by atoms with van der Waals surface area (Å²) in [5.41, 5.74) is 0. The highest BCUT2D eigenvalue weighted by molar-refractivity contribution is 7.99. The van der Waals surface area contributed by atoms with Gasteiger partial charge in [-0.1, -0.05) is 0 Å². The molecule has 4 heteroatoms. The predicted octanol–water partition coefficient (Wildman–Crippen LogP) is 1.37. The molecule has 0 aromatic carbocycles. The molecule has 1 nitrogen and oxygen atoms in total. The van der Waals surface area contributed by atoms with E-state index in [4.69, 9.17) is 5.11 Å². The van der Waals surface area contributed by atoms with E-state index in [1.54, 1.807) is 0 Å². The van der Waals surface area contributed by atoms with Gasteiger partial charge in [-0.2, -0.15) is 11.8 Å². The number of rotatable bonds is 2. The fraction of sp³-hybridized carbons (Fsp3) is 1.00. The van der Waals surface area contributed by atoms with Crippen molar-refractivity contribution in [1.29, 1.82) is 0 Å². The fourth-order valence-corrected chi connectivity index (χ4v) is 2.35. The van der Waals surface area contributed by atoms with E-state index in [9.17, 15) is 8.78 Å². The summed E-state index contributed by atoms with van der Waals surface area (Å²) in [6.45, 7) is -0.124. The maximum absolute atomic E-state index is 12.7. The highest BCUT2D eigenvalue weighted by Gasteiger charge is 2.43. The van der Waals surface area contributed by atoms with Crippen LogP contribution < -0.4 is 0 Å². The molecule has 0 aromatic rings. The molecule has 0 radical (unpaired) electrons. The highest BCUT2D eigenvalue weighted by Crippen LogP contribution is 2.39. The largest absolute Gasteiger partial charge is 0.396 e. The average molecular weight is 168 g/mol. The van der Waals surface area contributed by atoms with Crippen molar-refractivity contribution in [3.05, 3.63) is 0 Å². The van der Waals surface area contributed by atoms with Crippen LogP contribution in [0.2, 0.25) is 0 Å². The molecule has 1 aliphatic heterocycles. The molecule has 0 bridgehead atoms. The van der Waals surface area contributed by atoms with Gasteiger partial charge < -0.3 is 5.11 Å². The molecule has 1 heterocycles. The van der Waals surface area contributed by atoms with Crippen molar-refractivity contribution in [2.24, 2.45) is 5.92 Å². The Morgan fingerprint density at radius 1 is 1.60 bits per heavy atom. The lowest BCUT2D eigenvalue weighted by atomic mass is 10.0. The van der Waals surface area contributed by atoms with Crippen molar-refractivity contribution < 1.29 is 13.9 Å². The lowest BCUT2D eigenvalue weighted by Crippen LogP contribution is -2.26. The molecule has 1 rings (SSSR count). The van der Waals surface area contributed by atoms with Gasteiger partial charge in [0.25, 0.3) is 5.92 Å². The minimum absolute atomic E-state index is 0.0718. The Hall–Kier alpha value is 0.170. The van der Waals surface area contributed by atoms with E-state index in [2.05, 4.69) is 0 Å². The van der Waals surface area contributed by atoms with E-state index >= 15 is 0 Å². The number of aliphatic hydroxyl groups excluding tert-OH is 1. The summed E-state index contributed by atoms with van der Waals surface area (Å²) in [6, 6.07) is 0. The van der Waals surface area contributed by atoms with Gasteiger partial charge in [0.2, 0.25) is 0 Å². The summed E-state index contributed by atoms with van der Waals surface area (Å²) in [5.74, 6) is -2.71. The standard InChI is InChI=1S/C6H10F2OS/c7-6(8)4-10-3-5(6)1-2-9/h5,9H,1-4H2. The third-order valence-corrected chi connectivity index (χ3v) is 2.92. The van der Waals surface area contributed by atoms with Crippen LogP contribution in [0.4, 0.5) is 8.78 Å². The molecular weight excluding hydrogens is 158 g/mol. The van der Waals surface area contributed by atoms with Crippen molar-refractivity contribution in [1.82, 2.24) is 0 Å². The fourth-order valence-electron chi connectivity index (χ4n) is 1.03. The summed E-state index contributed by atoms with van der Waals surface area (Å²) in [6.07, 6.45) is 0.236. The molecular formula is C6H10F2OS. The summed E-state index contributed by atoms with van der Waals surface area (Å²) < 4.78 is 25.3. The van der Waals surface area contributed by atoms with Gasteiger partial charge in [-0.25, -0.2) is 8.78 Å². The molecule has 60 valence electrons. The van der Waals surface area contributed by atoms with Crippen LogP contribution in [-0.4, -0.2) is 29.1 Å². The van der Waals surface area contributed by atoms with Gasteiger partial charge in [-0.15, -0.1) is 0 Å². The summed E-state index contributed by atoms with van der Waals surface area (Å²) in [7, 11) is 0. The van der Waals surface area contributed by atoms with Gasteiger partial charge in [0.15, 0.2) is 0 Å². The zero-order valence-electron chi connectivity index (χ0n) is 5.52. The lowest BCUT2D eigenvalue weighted by molar-refractivity contribution is -0.0260. The molecule has 1 fully saturated rings. The molecule has 0 spiro atoms. The highest BCUT2D eigenvalue weighted by atomic mass is 32.2. The molecule has 1 atom stereocenters. The number of aliphatic hydroxyl groups is 1. The first kappa shape index (κ1) is 8.27. The first-order chi connectivity index (χ1) is 4.67. The Labute approximate surface area is 62.8 Å². The number of halogens is 2. The van der Waals surface area contributed by atoms with Crippen molar-refractivity contribution >= 4 is 11.8 Å². The Morgan fingerprint density at radius 3 is 2.70 bits per heavy atom. The second-order valence-corrected chi connectivity index (χ2v) is 3.52. The quantitative estimate of drug-likeness (QED) is 0.672. The van der Waals surface area contributed by atoms with Crippen molar-refractivity contribution in [3.63, 3.8) is 0 Å². The first-order valence-electron chi connectivity index (χ1n) is 3.23. The van der Waals surface area contributed by atoms with Crippen LogP contribution >= 0.6 is 11.8 Å². The van der Waals surface area contributed by atoms with E-state index in [1.807, 2.05) is 0 Å². The van der Waals surface area contributed by atoms with E-state index < -0.39 is 11.8 Å². The zero-order valence-corrected chi connectivity index (χ0v) is 6.33. The zero-order chi connectivity index (χ0) is 7.61. The first-order valence-corrected chi connectivity index (χ1v) is 4.38. The molecule has 0 aliphatic carbocycles. The van der Waals surface area contributed by atoms with Gasteiger partial charge in [0, 0.05) is 18.3 Å². The van der Waals surface area contributed by atoms with Gasteiger partial charge in [-0.3, -0.25) is 0 Å². The molecule has 1 aliphatic rings. The maximum atomic E-state index is 12.7. The lowest BCUT2D eigenvalue weighted by Gasteiger charge is -2.15. The van der Waals surface area contributed by atoms with Crippen molar-refractivity contribution in [2.75, 3.05) is 18.1 Å². The Morgan fingerprint density at radius 2 is 2.30 bits per heavy atom. The van der Waals surface area contributed by atoms with Crippen molar-refractivity contribution in [3.8, 4) is 0 Å². The average Bonchev–Trinajstić information content (AvgIpc) is 2.13.